The highest BCUT2D eigenvalue weighted by Gasteiger charge is 2.53. The van der Waals surface area contributed by atoms with Crippen LogP contribution in [0.5, 0.6) is 0 Å². The van der Waals surface area contributed by atoms with Gasteiger partial charge in [0.15, 0.2) is 11.5 Å². The van der Waals surface area contributed by atoms with E-state index in [0.29, 0.717) is 32.7 Å². The first-order chi connectivity index (χ1) is 23.3. The summed E-state index contributed by atoms with van der Waals surface area (Å²) in [6.07, 6.45) is -7.16. The molecule has 0 saturated heterocycles. The number of carbonyl (C=O) groups excluding carboxylic acids is 3. The zero-order valence-electron chi connectivity index (χ0n) is 27.5. The molecule has 0 radical (unpaired) electrons. The van der Waals surface area contributed by atoms with Crippen molar-refractivity contribution in [3.05, 3.63) is 107 Å². The molecule has 1 fully saturated rings. The predicted octanol–water partition coefficient (Wildman–Crippen LogP) is 8.44. The fourth-order valence-corrected chi connectivity index (χ4v) is 7.79. The van der Waals surface area contributed by atoms with Crippen LogP contribution in [0.15, 0.2) is 96.2 Å². The van der Waals surface area contributed by atoms with E-state index in [9.17, 15) is 40.7 Å². The van der Waals surface area contributed by atoms with Crippen molar-refractivity contribution < 1.29 is 45.3 Å². The lowest BCUT2D eigenvalue weighted by Gasteiger charge is -2.28. The molecule has 3 aliphatic rings. The lowest BCUT2D eigenvalue weighted by Crippen LogP contribution is -2.35. The third-order valence-corrected chi connectivity index (χ3v) is 10.1. The molecule has 50 heavy (non-hydrogen) atoms. The molecule has 4 aromatic carbocycles. The van der Waals surface area contributed by atoms with Crippen LogP contribution in [0, 0.1) is 5.92 Å². The number of halogens is 6. The topological polar surface area (TPSA) is 57.5 Å². The van der Waals surface area contributed by atoms with Gasteiger partial charge in [0.1, 0.15) is 12.5 Å². The van der Waals surface area contributed by atoms with E-state index < -0.39 is 65.1 Å². The molecule has 1 aliphatic carbocycles. The van der Waals surface area contributed by atoms with Gasteiger partial charge in [0, 0.05) is 28.1 Å². The maximum atomic E-state index is 14.1. The summed E-state index contributed by atoms with van der Waals surface area (Å²) in [5.41, 5.74) is -1.18. The Morgan fingerprint density at radius 2 is 1.30 bits per heavy atom. The first-order valence-corrected chi connectivity index (χ1v) is 16.0. The van der Waals surface area contributed by atoms with Crippen LogP contribution in [0.3, 0.4) is 0 Å². The quantitative estimate of drug-likeness (QED) is 0.0539. The minimum absolute atomic E-state index is 0.00208. The molecule has 11 heteroatoms. The Labute approximate surface area is 283 Å². The summed E-state index contributed by atoms with van der Waals surface area (Å²) in [4.78, 5) is 42.1. The molecule has 4 aromatic rings. The monoisotopic (exact) mass is 689 g/mol. The number of hydrogen-bond donors (Lipinski definition) is 0. The van der Waals surface area contributed by atoms with Crippen LogP contribution >= 0.6 is 0 Å². The largest absolute Gasteiger partial charge is 0.448 e. The molecule has 2 aliphatic heterocycles. The summed E-state index contributed by atoms with van der Waals surface area (Å²) in [5.74, 6) is -5.09. The second-order valence-corrected chi connectivity index (χ2v) is 14.0. The van der Waals surface area contributed by atoms with Crippen LogP contribution in [0.1, 0.15) is 38.8 Å². The average Bonchev–Trinajstić information content (AvgIpc) is 3.47. The molecule has 0 N–H and O–H groups in total. The number of alkyl halides is 6. The Kier molecular flexibility index (Phi) is 7.34. The lowest BCUT2D eigenvalue weighted by molar-refractivity contribution is -0.479. The summed E-state index contributed by atoms with van der Waals surface area (Å²) >= 11 is 0. The molecule has 5 nitrogen and oxygen atoms in total. The highest BCUT2D eigenvalue weighted by molar-refractivity contribution is 6.60. The summed E-state index contributed by atoms with van der Waals surface area (Å²) < 4.78 is 85.8. The van der Waals surface area contributed by atoms with Gasteiger partial charge in [-0.15, -0.1) is 0 Å². The van der Waals surface area contributed by atoms with Crippen LogP contribution in [-0.4, -0.2) is 53.1 Å². The average molecular weight is 690 g/mol. The van der Waals surface area contributed by atoms with E-state index in [-0.39, 0.29) is 22.8 Å². The van der Waals surface area contributed by atoms with Gasteiger partial charge in [-0.2, -0.15) is 30.9 Å². The summed E-state index contributed by atoms with van der Waals surface area (Å²) in [6.45, 7) is 3.86. The first kappa shape index (κ1) is 33.4. The molecular weight excluding hydrogens is 658 g/mol. The zero-order valence-corrected chi connectivity index (χ0v) is 27.5. The zero-order chi connectivity index (χ0) is 36.1. The van der Waals surface area contributed by atoms with Gasteiger partial charge in [-0.3, -0.25) is 14.4 Å². The predicted molar refractivity (Wildman–Crippen MR) is 178 cm³/mol. The number of rotatable bonds is 4. The van der Waals surface area contributed by atoms with Gasteiger partial charge in [-0.1, -0.05) is 80.6 Å². The molecular formula is C39H31F6N2O3+. The van der Waals surface area contributed by atoms with Crippen molar-refractivity contribution >= 4 is 56.0 Å². The number of hydrogen-bond acceptors (Lipinski definition) is 4. The Balaban J connectivity index is 1.38. The summed E-state index contributed by atoms with van der Waals surface area (Å²) in [5, 5.41) is 2.47. The fourth-order valence-electron chi connectivity index (χ4n) is 7.79. The van der Waals surface area contributed by atoms with Crippen molar-refractivity contribution in [3.8, 4) is 0 Å². The molecule has 1 unspecified atom stereocenters. The molecule has 0 amide bonds. The van der Waals surface area contributed by atoms with E-state index in [1.165, 1.54) is 0 Å². The van der Waals surface area contributed by atoms with Crippen LogP contribution in [0.4, 0.5) is 37.7 Å². The number of benzene rings is 4. The number of fused-ring (bicyclic) bond motifs is 6. The highest BCUT2D eigenvalue weighted by atomic mass is 19.4. The van der Waals surface area contributed by atoms with E-state index >= 15 is 0 Å². The Bertz CT molecular complexity index is 2270. The van der Waals surface area contributed by atoms with Gasteiger partial charge in [-0.05, 0) is 42.3 Å². The van der Waals surface area contributed by atoms with Crippen molar-refractivity contribution in [2.24, 2.45) is 5.92 Å². The maximum absolute atomic E-state index is 14.1. The van der Waals surface area contributed by atoms with Gasteiger partial charge < -0.3 is 4.90 Å². The van der Waals surface area contributed by atoms with Crippen molar-refractivity contribution in [1.82, 2.24) is 0 Å². The number of nitrogens with zero attached hydrogens (tertiary/aromatic N) is 2. The molecule has 1 saturated carbocycles. The molecule has 7 rings (SSSR count). The molecule has 2 heterocycles. The minimum atomic E-state index is -4.68. The number of carbonyl (C=O) groups is 3. The minimum Gasteiger partial charge on any atom is -0.335 e. The second-order valence-electron chi connectivity index (χ2n) is 14.0. The fraction of sp³-hybridized carbons (Fsp3) is 0.282. The highest BCUT2D eigenvalue weighted by Crippen LogP contribution is 2.52. The smallest absolute Gasteiger partial charge is 0.335 e. The summed E-state index contributed by atoms with van der Waals surface area (Å²) in [7, 11) is 0. The molecule has 0 spiro atoms. The third-order valence-electron chi connectivity index (χ3n) is 10.1. The number of allylic oxidation sites excluding steroid dienone is 4. The summed E-state index contributed by atoms with van der Waals surface area (Å²) in [6, 6.07) is 20.8. The standard InChI is InChI=1S/C39H31F6N2O3/c1-36(2)27-15-13-21-9-5-7-11-23(21)31(27)46(19-38(40,41)42)29(36)17-25-33(48)26(35(50)34(25)49)18-30-37(3,4)28-16-14-22-10-6-8-12-24(22)32(28)47(30)20-39(43,44)45/h5-18,25H,19-20H2,1-4H3/q+1/b26-18-,29-17-. The molecule has 1 atom stereocenters. The number of ketones is 3. The van der Waals surface area contributed by atoms with Crippen molar-refractivity contribution in [1.29, 1.82) is 0 Å². The van der Waals surface area contributed by atoms with E-state index in [1.807, 2.05) is 0 Å². The van der Waals surface area contributed by atoms with Gasteiger partial charge in [-0.25, -0.2) is 0 Å². The van der Waals surface area contributed by atoms with Gasteiger partial charge in [0.25, 0.3) is 0 Å². The lowest BCUT2D eigenvalue weighted by atomic mass is 9.80. The first-order valence-electron chi connectivity index (χ1n) is 16.0. The molecule has 0 aromatic heterocycles. The second kappa shape index (κ2) is 11.0. The van der Waals surface area contributed by atoms with Gasteiger partial charge in [0.05, 0.1) is 22.1 Å². The van der Waals surface area contributed by atoms with E-state index in [2.05, 4.69) is 0 Å². The third kappa shape index (κ3) is 5.16. The molecule has 256 valence electrons. The van der Waals surface area contributed by atoms with E-state index in [0.717, 1.165) is 21.6 Å². The van der Waals surface area contributed by atoms with Crippen molar-refractivity contribution in [3.63, 3.8) is 0 Å². The number of Topliss-reactive ketones (excluding diaryl/α,β-unsaturated/α-hetero) is 3. The molecule has 0 bridgehead atoms. The normalized spacial score (nSPS) is 21.8. The van der Waals surface area contributed by atoms with E-state index in [1.54, 1.807) is 100 Å². The van der Waals surface area contributed by atoms with E-state index in [4.69, 9.17) is 0 Å². The van der Waals surface area contributed by atoms with Crippen LogP contribution in [0.2, 0.25) is 0 Å². The van der Waals surface area contributed by atoms with Crippen molar-refractivity contribution in [2.45, 2.75) is 50.9 Å². The number of anilines is 1. The van der Waals surface area contributed by atoms with Crippen LogP contribution in [-0.2, 0) is 25.2 Å². The van der Waals surface area contributed by atoms with Crippen LogP contribution in [0.25, 0.3) is 21.5 Å². The van der Waals surface area contributed by atoms with Crippen LogP contribution < -0.4 is 4.90 Å². The van der Waals surface area contributed by atoms with Crippen molar-refractivity contribution in [2.75, 3.05) is 18.0 Å². The maximum Gasteiger partial charge on any atom is 0.448 e. The van der Waals surface area contributed by atoms with Gasteiger partial charge >= 0.3 is 12.4 Å². The Morgan fingerprint density at radius 1 is 0.720 bits per heavy atom. The SMILES string of the molecule is CC1(C)C(/C=C2\C(=O)C(=O)C(/C=C3\N(CC(F)(F)F)c4c(ccc5ccccc45)C3(C)C)C2=O)=[N+](CC(F)(F)F)c2c1ccc1ccccc21. The Hall–Kier alpha value is -5.06. The van der Waals surface area contributed by atoms with Gasteiger partial charge in [0.2, 0.25) is 23.8 Å². The Morgan fingerprint density at radius 3 is 1.92 bits per heavy atom.